The molecule has 7 heteroatoms. The van der Waals surface area contributed by atoms with Gasteiger partial charge in [0.2, 0.25) is 5.91 Å². The lowest BCUT2D eigenvalue weighted by molar-refractivity contribution is -0.385. The Morgan fingerprint density at radius 3 is 2.82 bits per heavy atom. The first-order chi connectivity index (χ1) is 10.4. The van der Waals surface area contributed by atoms with Gasteiger partial charge in [-0.2, -0.15) is 0 Å². The minimum absolute atomic E-state index is 0.138. The molecule has 1 saturated carbocycles. The van der Waals surface area contributed by atoms with E-state index in [1.54, 1.807) is 6.92 Å². The number of carbonyl (C=O) groups excluding carboxylic acids is 1. The number of nitro groups is 1. The number of halogens is 1. The molecule has 1 aliphatic carbocycles. The Bertz CT molecular complexity index is 628. The Morgan fingerprint density at radius 1 is 1.59 bits per heavy atom. The number of nitrogens with zero attached hydrogens (tertiary/aromatic N) is 1. The third kappa shape index (κ3) is 3.67. The molecule has 0 heterocycles. The molecule has 1 aromatic carbocycles. The first-order valence-electron chi connectivity index (χ1n) is 6.91. The van der Waals surface area contributed by atoms with E-state index in [-0.39, 0.29) is 18.1 Å². The second kappa shape index (κ2) is 6.23. The van der Waals surface area contributed by atoms with Gasteiger partial charge in [-0.3, -0.25) is 14.9 Å². The number of aliphatic hydroxyl groups excluding tert-OH is 1. The predicted molar refractivity (Wildman–Crippen MR) is 78.4 cm³/mol. The predicted octanol–water partition coefficient (Wildman–Crippen LogP) is 2.02. The second-order valence-electron chi connectivity index (χ2n) is 5.63. The second-order valence-corrected chi connectivity index (χ2v) is 5.63. The SMILES string of the molecule is CC(CO)(NC(=O)/C=C/c1ccc(F)cc1[N+](=O)[O-])C1CC1. The topological polar surface area (TPSA) is 92.5 Å². The van der Waals surface area contributed by atoms with Crippen LogP contribution in [-0.4, -0.2) is 28.1 Å². The Balaban J connectivity index is 2.11. The largest absolute Gasteiger partial charge is 0.394 e. The van der Waals surface area contributed by atoms with Crippen molar-refractivity contribution in [2.24, 2.45) is 5.92 Å². The summed E-state index contributed by atoms with van der Waals surface area (Å²) < 4.78 is 13.0. The number of rotatable bonds is 6. The van der Waals surface area contributed by atoms with Crippen LogP contribution in [0.15, 0.2) is 24.3 Å². The monoisotopic (exact) mass is 308 g/mol. The van der Waals surface area contributed by atoms with Crippen LogP contribution in [0.1, 0.15) is 25.3 Å². The van der Waals surface area contributed by atoms with Crippen molar-refractivity contribution in [3.63, 3.8) is 0 Å². The van der Waals surface area contributed by atoms with E-state index in [1.165, 1.54) is 12.1 Å². The van der Waals surface area contributed by atoms with Crippen LogP contribution in [-0.2, 0) is 4.79 Å². The Labute approximate surface area is 126 Å². The molecule has 1 aromatic rings. The van der Waals surface area contributed by atoms with Gasteiger partial charge in [-0.05, 0) is 43.9 Å². The quantitative estimate of drug-likeness (QED) is 0.478. The summed E-state index contributed by atoms with van der Waals surface area (Å²) in [6.07, 6.45) is 4.31. The molecule has 0 spiro atoms. The molecule has 2 N–H and O–H groups in total. The van der Waals surface area contributed by atoms with Crippen molar-refractivity contribution in [2.75, 3.05) is 6.61 Å². The molecule has 1 atom stereocenters. The molecule has 1 aliphatic rings. The highest BCUT2D eigenvalue weighted by molar-refractivity contribution is 5.92. The molecule has 6 nitrogen and oxygen atoms in total. The Kier molecular flexibility index (Phi) is 4.56. The molecule has 0 aliphatic heterocycles. The van der Waals surface area contributed by atoms with Crippen LogP contribution < -0.4 is 5.32 Å². The first kappa shape index (κ1) is 16.1. The van der Waals surface area contributed by atoms with Crippen molar-refractivity contribution in [1.29, 1.82) is 0 Å². The van der Waals surface area contributed by atoms with E-state index in [0.717, 1.165) is 31.1 Å². The maximum Gasteiger partial charge on any atom is 0.279 e. The van der Waals surface area contributed by atoms with Gasteiger partial charge in [0.15, 0.2) is 0 Å². The van der Waals surface area contributed by atoms with E-state index in [4.69, 9.17) is 0 Å². The lowest BCUT2D eigenvalue weighted by atomic mass is 9.97. The molecule has 22 heavy (non-hydrogen) atoms. The van der Waals surface area contributed by atoms with E-state index in [0.29, 0.717) is 0 Å². The third-order valence-electron chi connectivity index (χ3n) is 3.82. The van der Waals surface area contributed by atoms with Crippen molar-refractivity contribution >= 4 is 17.7 Å². The van der Waals surface area contributed by atoms with E-state index in [2.05, 4.69) is 5.32 Å². The highest BCUT2D eigenvalue weighted by atomic mass is 19.1. The smallest absolute Gasteiger partial charge is 0.279 e. The maximum absolute atomic E-state index is 13.0. The number of benzene rings is 1. The fourth-order valence-corrected chi connectivity index (χ4v) is 2.30. The van der Waals surface area contributed by atoms with Crippen molar-refractivity contribution in [3.8, 4) is 0 Å². The summed E-state index contributed by atoms with van der Waals surface area (Å²) in [5.41, 5.74) is -0.953. The van der Waals surface area contributed by atoms with Gasteiger partial charge in [-0.1, -0.05) is 0 Å². The van der Waals surface area contributed by atoms with Crippen LogP contribution in [0, 0.1) is 21.8 Å². The van der Waals surface area contributed by atoms with Crippen LogP contribution in [0.25, 0.3) is 6.08 Å². The van der Waals surface area contributed by atoms with Gasteiger partial charge in [0.25, 0.3) is 5.69 Å². The van der Waals surface area contributed by atoms with E-state index in [1.807, 2.05) is 0 Å². The zero-order valence-electron chi connectivity index (χ0n) is 12.1. The highest BCUT2D eigenvalue weighted by Gasteiger charge is 2.41. The fraction of sp³-hybridized carbons (Fsp3) is 0.400. The Hall–Kier alpha value is -2.28. The third-order valence-corrected chi connectivity index (χ3v) is 3.82. The molecule has 0 aromatic heterocycles. The lowest BCUT2D eigenvalue weighted by Gasteiger charge is -2.28. The fourth-order valence-electron chi connectivity index (χ4n) is 2.30. The minimum Gasteiger partial charge on any atom is -0.394 e. The zero-order valence-corrected chi connectivity index (χ0v) is 12.1. The van der Waals surface area contributed by atoms with Crippen molar-refractivity contribution in [3.05, 3.63) is 45.8 Å². The lowest BCUT2D eigenvalue weighted by Crippen LogP contribution is -2.50. The summed E-state index contributed by atoms with van der Waals surface area (Å²) in [7, 11) is 0. The average molecular weight is 308 g/mol. The number of nitro benzene ring substituents is 1. The van der Waals surface area contributed by atoms with E-state index < -0.39 is 27.9 Å². The van der Waals surface area contributed by atoms with Crippen LogP contribution in [0.4, 0.5) is 10.1 Å². The number of amides is 1. The molecule has 1 unspecified atom stereocenters. The van der Waals surface area contributed by atoms with Gasteiger partial charge >= 0.3 is 0 Å². The molecule has 2 rings (SSSR count). The number of hydrogen-bond donors (Lipinski definition) is 2. The van der Waals surface area contributed by atoms with Gasteiger partial charge < -0.3 is 10.4 Å². The summed E-state index contributed by atoms with van der Waals surface area (Å²) in [5.74, 6) is -0.924. The molecule has 1 amide bonds. The van der Waals surface area contributed by atoms with E-state index >= 15 is 0 Å². The van der Waals surface area contributed by atoms with Gasteiger partial charge in [0, 0.05) is 6.08 Å². The van der Waals surface area contributed by atoms with Crippen LogP contribution in [0.3, 0.4) is 0 Å². The van der Waals surface area contributed by atoms with Crippen LogP contribution in [0.5, 0.6) is 0 Å². The summed E-state index contributed by atoms with van der Waals surface area (Å²) in [6.45, 7) is 1.59. The summed E-state index contributed by atoms with van der Waals surface area (Å²) in [4.78, 5) is 22.1. The number of aliphatic hydroxyl groups is 1. The molecular weight excluding hydrogens is 291 g/mol. The standard InChI is InChI=1S/C15H17FN2O4/c1-15(9-19,11-4-5-11)17-14(20)7-3-10-2-6-12(16)8-13(10)18(21)22/h2-3,6-8,11,19H,4-5,9H2,1H3,(H,17,20)/b7-3+. The number of hydrogen-bond acceptors (Lipinski definition) is 4. The molecule has 0 radical (unpaired) electrons. The average Bonchev–Trinajstić information content (AvgIpc) is 3.30. The first-order valence-corrected chi connectivity index (χ1v) is 6.91. The summed E-state index contributed by atoms with van der Waals surface area (Å²) in [6, 6.07) is 3.13. The molecule has 0 saturated heterocycles. The maximum atomic E-state index is 13.0. The molecule has 1 fully saturated rings. The molecule has 118 valence electrons. The highest BCUT2D eigenvalue weighted by Crippen LogP contribution is 2.39. The summed E-state index contributed by atoms with van der Waals surface area (Å²) >= 11 is 0. The molecule has 0 bridgehead atoms. The zero-order chi connectivity index (χ0) is 16.3. The van der Waals surface area contributed by atoms with Crippen LogP contribution >= 0.6 is 0 Å². The number of carbonyl (C=O) groups is 1. The van der Waals surface area contributed by atoms with Crippen molar-refractivity contribution < 1.29 is 19.2 Å². The van der Waals surface area contributed by atoms with Gasteiger partial charge in [-0.25, -0.2) is 4.39 Å². The molecular formula is C15H17FN2O4. The van der Waals surface area contributed by atoms with Gasteiger partial charge in [0.05, 0.1) is 28.7 Å². The van der Waals surface area contributed by atoms with Crippen molar-refractivity contribution in [1.82, 2.24) is 5.32 Å². The number of nitrogens with one attached hydrogen (secondary N) is 1. The van der Waals surface area contributed by atoms with Gasteiger partial charge in [0.1, 0.15) is 5.82 Å². The van der Waals surface area contributed by atoms with Crippen molar-refractivity contribution in [2.45, 2.75) is 25.3 Å². The minimum atomic E-state index is -0.713. The van der Waals surface area contributed by atoms with Crippen LogP contribution in [0.2, 0.25) is 0 Å². The van der Waals surface area contributed by atoms with E-state index in [9.17, 15) is 24.4 Å². The Morgan fingerprint density at radius 2 is 2.27 bits per heavy atom. The summed E-state index contributed by atoms with van der Waals surface area (Å²) in [5, 5.41) is 23.0. The normalized spacial score (nSPS) is 17.2. The van der Waals surface area contributed by atoms with Gasteiger partial charge in [-0.15, -0.1) is 0 Å².